The fourth-order valence-corrected chi connectivity index (χ4v) is 3.78. The topological polar surface area (TPSA) is 105 Å². The van der Waals surface area contributed by atoms with Gasteiger partial charge in [-0.3, -0.25) is 9.59 Å². The van der Waals surface area contributed by atoms with Crippen molar-refractivity contribution in [3.63, 3.8) is 0 Å². The normalized spacial score (nSPS) is 14.8. The highest BCUT2D eigenvalue weighted by Gasteiger charge is 2.26. The zero-order valence-corrected chi connectivity index (χ0v) is 18.0. The summed E-state index contributed by atoms with van der Waals surface area (Å²) in [4.78, 5) is 26.0. The van der Waals surface area contributed by atoms with Gasteiger partial charge in [0.15, 0.2) is 11.5 Å². The van der Waals surface area contributed by atoms with Crippen molar-refractivity contribution in [3.8, 4) is 0 Å². The van der Waals surface area contributed by atoms with E-state index in [1.807, 2.05) is 16.6 Å². The Kier molecular flexibility index (Phi) is 5.83. The molecule has 1 aromatic carbocycles. The van der Waals surface area contributed by atoms with Crippen LogP contribution in [0.5, 0.6) is 0 Å². The van der Waals surface area contributed by atoms with Crippen LogP contribution in [0.2, 0.25) is 0 Å². The smallest absolute Gasteiger partial charge is 0.227 e. The number of fused-ring (bicyclic) bond motifs is 1. The molecule has 9 nitrogen and oxygen atoms in total. The van der Waals surface area contributed by atoms with E-state index in [-0.39, 0.29) is 23.7 Å². The third kappa shape index (κ3) is 4.65. The molecule has 0 radical (unpaired) electrons. The van der Waals surface area contributed by atoms with Gasteiger partial charge in [-0.1, -0.05) is 13.8 Å². The highest BCUT2D eigenvalue weighted by Crippen LogP contribution is 2.24. The van der Waals surface area contributed by atoms with E-state index in [4.69, 9.17) is 5.10 Å². The molecule has 2 amide bonds. The van der Waals surface area contributed by atoms with Crippen LogP contribution >= 0.6 is 0 Å². The summed E-state index contributed by atoms with van der Waals surface area (Å²) in [6.07, 6.45) is 1.52. The van der Waals surface area contributed by atoms with Crippen molar-refractivity contribution in [1.82, 2.24) is 19.8 Å². The van der Waals surface area contributed by atoms with Crippen LogP contribution in [-0.4, -0.2) is 44.7 Å². The molecule has 4 rings (SSSR count). The first-order valence-corrected chi connectivity index (χ1v) is 10.6. The van der Waals surface area contributed by atoms with Crippen LogP contribution in [0, 0.1) is 5.92 Å². The summed E-state index contributed by atoms with van der Waals surface area (Å²) in [6, 6.07) is 11.0. The summed E-state index contributed by atoms with van der Waals surface area (Å²) in [7, 11) is 0. The number of carbonyl (C=O) groups excluding carboxylic acids is 2. The van der Waals surface area contributed by atoms with Crippen LogP contribution in [0.4, 0.5) is 17.2 Å². The lowest BCUT2D eigenvalue weighted by atomic mass is 9.96. The monoisotopic (exact) mass is 421 g/mol. The van der Waals surface area contributed by atoms with E-state index in [0.29, 0.717) is 5.69 Å². The Morgan fingerprint density at radius 3 is 2.23 bits per heavy atom. The van der Waals surface area contributed by atoms with Gasteiger partial charge in [0.25, 0.3) is 0 Å². The van der Waals surface area contributed by atoms with Gasteiger partial charge in [0.2, 0.25) is 11.8 Å². The van der Waals surface area contributed by atoms with E-state index < -0.39 is 0 Å². The van der Waals surface area contributed by atoms with Crippen LogP contribution in [0.3, 0.4) is 0 Å². The van der Waals surface area contributed by atoms with Gasteiger partial charge in [-0.05, 0) is 49.2 Å². The molecule has 1 aliphatic rings. The van der Waals surface area contributed by atoms with Gasteiger partial charge in [0.1, 0.15) is 5.82 Å². The molecule has 31 heavy (non-hydrogen) atoms. The molecular weight excluding hydrogens is 394 g/mol. The lowest BCUT2D eigenvalue weighted by Crippen LogP contribution is -2.38. The van der Waals surface area contributed by atoms with Gasteiger partial charge >= 0.3 is 0 Å². The number of hydrogen-bond acceptors (Lipinski definition) is 6. The first-order valence-electron chi connectivity index (χ1n) is 10.6. The van der Waals surface area contributed by atoms with Crippen LogP contribution < -0.4 is 15.5 Å². The molecule has 0 aliphatic carbocycles. The summed E-state index contributed by atoms with van der Waals surface area (Å²) in [5.41, 5.74) is 2.17. The Balaban J connectivity index is 1.36. The zero-order valence-electron chi connectivity index (χ0n) is 18.0. The minimum atomic E-state index is -0.123. The molecule has 1 saturated heterocycles. The van der Waals surface area contributed by atoms with E-state index in [9.17, 15) is 9.59 Å². The van der Waals surface area contributed by atoms with Crippen LogP contribution in [0.15, 0.2) is 36.4 Å². The molecule has 2 N–H and O–H groups in total. The minimum Gasteiger partial charge on any atom is -0.355 e. The Morgan fingerprint density at radius 2 is 1.61 bits per heavy atom. The number of amides is 2. The van der Waals surface area contributed by atoms with Crippen LogP contribution in [0.1, 0.15) is 45.4 Å². The van der Waals surface area contributed by atoms with E-state index in [2.05, 4.69) is 39.6 Å². The van der Waals surface area contributed by atoms with Gasteiger partial charge in [-0.2, -0.15) is 4.52 Å². The quantitative estimate of drug-likeness (QED) is 0.656. The highest BCUT2D eigenvalue weighted by atomic mass is 16.2. The Labute approximate surface area is 180 Å². The van der Waals surface area contributed by atoms with E-state index in [1.54, 1.807) is 24.3 Å². The van der Waals surface area contributed by atoms with Gasteiger partial charge in [0.05, 0.1) is 0 Å². The molecule has 0 atom stereocenters. The van der Waals surface area contributed by atoms with Crippen molar-refractivity contribution in [3.05, 3.63) is 42.2 Å². The van der Waals surface area contributed by atoms with Crippen molar-refractivity contribution < 1.29 is 9.59 Å². The maximum absolute atomic E-state index is 12.7. The van der Waals surface area contributed by atoms with Gasteiger partial charge in [-0.25, -0.2) is 0 Å². The molecule has 2 aromatic heterocycles. The number of anilines is 3. The Morgan fingerprint density at radius 1 is 0.968 bits per heavy atom. The second-order valence-corrected chi connectivity index (χ2v) is 8.18. The molecule has 162 valence electrons. The molecule has 1 fully saturated rings. The lowest BCUT2D eigenvalue weighted by Gasteiger charge is -2.32. The SMILES string of the molecule is CC(=O)Nc1ccc(NC(=O)C2CCN(c3ccc4nnc(C(C)C)n4n3)CC2)cc1. The molecule has 3 heterocycles. The standard InChI is InChI=1S/C22H27N7O2/c1-14(2)21-26-25-19-8-9-20(27-29(19)21)28-12-10-16(11-13-28)22(31)24-18-6-4-17(5-7-18)23-15(3)30/h4-9,14,16H,10-13H2,1-3H3,(H,23,30)(H,24,31). The van der Waals surface area contributed by atoms with Crippen LogP contribution in [0.25, 0.3) is 5.65 Å². The van der Waals surface area contributed by atoms with Crippen molar-refractivity contribution in [2.75, 3.05) is 28.6 Å². The van der Waals surface area contributed by atoms with E-state index in [0.717, 1.165) is 48.9 Å². The number of nitrogens with zero attached hydrogens (tertiary/aromatic N) is 5. The number of aromatic nitrogens is 4. The molecular formula is C22H27N7O2. The minimum absolute atomic E-state index is 0.0243. The molecule has 0 spiro atoms. The largest absolute Gasteiger partial charge is 0.355 e. The van der Waals surface area contributed by atoms with E-state index >= 15 is 0 Å². The number of hydrogen-bond donors (Lipinski definition) is 2. The second kappa shape index (κ2) is 8.71. The molecule has 0 saturated carbocycles. The average Bonchev–Trinajstić information content (AvgIpc) is 3.18. The number of nitrogens with one attached hydrogen (secondary N) is 2. The fraction of sp³-hybridized carbons (Fsp3) is 0.409. The number of benzene rings is 1. The summed E-state index contributed by atoms with van der Waals surface area (Å²) in [5.74, 6) is 1.81. The first-order chi connectivity index (χ1) is 14.9. The third-order valence-electron chi connectivity index (χ3n) is 5.45. The van der Waals surface area contributed by atoms with Gasteiger partial charge in [0, 0.05) is 43.2 Å². The van der Waals surface area contributed by atoms with E-state index in [1.165, 1.54) is 6.92 Å². The predicted octanol–water partition coefficient (Wildman–Crippen LogP) is 3.06. The first kappa shape index (κ1) is 20.8. The maximum Gasteiger partial charge on any atom is 0.227 e. The summed E-state index contributed by atoms with van der Waals surface area (Å²) in [5, 5.41) is 18.8. The summed E-state index contributed by atoms with van der Waals surface area (Å²) in [6.45, 7) is 7.13. The van der Waals surface area contributed by atoms with Crippen molar-refractivity contribution in [2.24, 2.45) is 5.92 Å². The van der Waals surface area contributed by atoms with Gasteiger partial charge in [-0.15, -0.1) is 15.3 Å². The Hall–Kier alpha value is -3.49. The molecule has 1 aliphatic heterocycles. The lowest BCUT2D eigenvalue weighted by molar-refractivity contribution is -0.120. The Bertz CT molecular complexity index is 1080. The van der Waals surface area contributed by atoms with Crippen molar-refractivity contribution in [1.29, 1.82) is 0 Å². The molecule has 3 aromatic rings. The number of rotatable bonds is 5. The average molecular weight is 422 g/mol. The number of piperidine rings is 1. The molecule has 0 unspecified atom stereocenters. The van der Waals surface area contributed by atoms with Crippen LogP contribution in [-0.2, 0) is 9.59 Å². The third-order valence-corrected chi connectivity index (χ3v) is 5.45. The second-order valence-electron chi connectivity index (χ2n) is 8.18. The molecule has 0 bridgehead atoms. The number of carbonyl (C=O) groups is 2. The van der Waals surface area contributed by atoms with Crippen molar-refractivity contribution >= 4 is 34.7 Å². The maximum atomic E-state index is 12.7. The summed E-state index contributed by atoms with van der Waals surface area (Å²) >= 11 is 0. The van der Waals surface area contributed by atoms with Gasteiger partial charge < -0.3 is 15.5 Å². The predicted molar refractivity (Wildman–Crippen MR) is 119 cm³/mol. The summed E-state index contributed by atoms with van der Waals surface area (Å²) < 4.78 is 1.81. The zero-order chi connectivity index (χ0) is 22.0. The highest BCUT2D eigenvalue weighted by molar-refractivity contribution is 5.93. The van der Waals surface area contributed by atoms with Crippen molar-refractivity contribution in [2.45, 2.75) is 39.5 Å². The fourth-order valence-electron chi connectivity index (χ4n) is 3.78. The molecule has 9 heteroatoms.